The van der Waals surface area contributed by atoms with Gasteiger partial charge in [-0.2, -0.15) is 0 Å². The first-order valence-electron chi connectivity index (χ1n) is 5.25. The van der Waals surface area contributed by atoms with Crippen LogP contribution in [0.25, 0.3) is 21.5 Å². The highest BCUT2D eigenvalue weighted by molar-refractivity contribution is 5.98. The Morgan fingerprint density at radius 2 is 1.88 bits per heavy atom. The third-order valence-electron chi connectivity index (χ3n) is 2.83. The highest BCUT2D eigenvalue weighted by atomic mass is 16.5. The van der Waals surface area contributed by atoms with Gasteiger partial charge in [0.2, 0.25) is 0 Å². The van der Waals surface area contributed by atoms with E-state index in [2.05, 4.69) is 36.4 Å². The molecule has 0 aromatic heterocycles. The number of rotatable bonds is 1. The van der Waals surface area contributed by atoms with Crippen LogP contribution in [0, 0.1) is 6.07 Å². The summed E-state index contributed by atoms with van der Waals surface area (Å²) >= 11 is 0. The Bertz CT molecular complexity index is 656. The predicted octanol–water partition coefficient (Wildman–Crippen LogP) is 3.80. The Balaban J connectivity index is 2.37. The van der Waals surface area contributed by atoms with Gasteiger partial charge in [-0.3, -0.25) is 0 Å². The number of ether oxygens (including phenoxy) is 1. The zero-order valence-corrected chi connectivity index (χ0v) is 9.03. The maximum absolute atomic E-state index is 5.23. The van der Waals surface area contributed by atoms with Gasteiger partial charge in [-0.15, -0.1) is 0 Å². The Morgan fingerprint density at radius 3 is 2.75 bits per heavy atom. The fraction of sp³-hybridized carbons (Fsp3) is 0.0667. The van der Waals surface area contributed by atoms with E-state index in [0.29, 0.717) is 0 Å². The minimum Gasteiger partial charge on any atom is -0.497 e. The third kappa shape index (κ3) is 1.41. The first kappa shape index (κ1) is 9.22. The molecule has 3 aromatic carbocycles. The monoisotopic (exact) mass is 207 g/mol. The molecule has 0 amide bonds. The van der Waals surface area contributed by atoms with Crippen LogP contribution in [0.3, 0.4) is 0 Å². The smallest absolute Gasteiger partial charge is 0.119 e. The summed E-state index contributed by atoms with van der Waals surface area (Å²) in [4.78, 5) is 0. The second kappa shape index (κ2) is 3.53. The summed E-state index contributed by atoms with van der Waals surface area (Å²) in [5.41, 5.74) is 0. The summed E-state index contributed by atoms with van der Waals surface area (Å²) in [6, 6.07) is 19.7. The van der Waals surface area contributed by atoms with Crippen molar-refractivity contribution >= 4 is 21.5 Å². The lowest BCUT2D eigenvalue weighted by molar-refractivity contribution is 0.415. The molecule has 1 radical (unpaired) electrons. The van der Waals surface area contributed by atoms with Gasteiger partial charge in [0.05, 0.1) is 7.11 Å². The summed E-state index contributed by atoms with van der Waals surface area (Å²) in [6.07, 6.45) is 0. The van der Waals surface area contributed by atoms with E-state index in [1.165, 1.54) is 16.2 Å². The molecule has 0 saturated heterocycles. The fourth-order valence-electron chi connectivity index (χ4n) is 1.97. The van der Waals surface area contributed by atoms with E-state index < -0.39 is 0 Å². The molecule has 3 aromatic rings. The van der Waals surface area contributed by atoms with E-state index in [1.807, 2.05) is 18.2 Å². The molecule has 77 valence electrons. The summed E-state index contributed by atoms with van der Waals surface area (Å²) < 4.78 is 5.23. The Kier molecular flexibility index (Phi) is 2.03. The molecule has 1 nitrogen and oxygen atoms in total. The van der Waals surface area contributed by atoms with Gasteiger partial charge in [0.15, 0.2) is 0 Å². The van der Waals surface area contributed by atoms with Gasteiger partial charge in [0.25, 0.3) is 0 Å². The van der Waals surface area contributed by atoms with Gasteiger partial charge in [0.1, 0.15) is 5.75 Å². The molecule has 0 bridgehead atoms. The average Bonchev–Trinajstić information content (AvgIpc) is 2.35. The minimum atomic E-state index is 0.895. The van der Waals surface area contributed by atoms with Crippen LogP contribution in [0.1, 0.15) is 0 Å². The van der Waals surface area contributed by atoms with Gasteiger partial charge < -0.3 is 4.74 Å². The second-order valence-corrected chi connectivity index (χ2v) is 3.82. The van der Waals surface area contributed by atoms with Crippen LogP contribution in [0.4, 0.5) is 0 Å². The van der Waals surface area contributed by atoms with Crippen molar-refractivity contribution in [2.75, 3.05) is 7.11 Å². The molecule has 0 aliphatic heterocycles. The van der Waals surface area contributed by atoms with Crippen LogP contribution in [0.5, 0.6) is 5.75 Å². The lowest BCUT2D eigenvalue weighted by Crippen LogP contribution is -1.82. The van der Waals surface area contributed by atoms with Crippen molar-refractivity contribution < 1.29 is 4.74 Å². The third-order valence-corrected chi connectivity index (χ3v) is 2.83. The van der Waals surface area contributed by atoms with Crippen LogP contribution >= 0.6 is 0 Å². The van der Waals surface area contributed by atoms with Crippen molar-refractivity contribution in [3.63, 3.8) is 0 Å². The second-order valence-electron chi connectivity index (χ2n) is 3.82. The summed E-state index contributed by atoms with van der Waals surface area (Å²) in [5.74, 6) is 0.895. The van der Waals surface area contributed by atoms with E-state index in [-0.39, 0.29) is 0 Å². The quantitative estimate of drug-likeness (QED) is 0.551. The van der Waals surface area contributed by atoms with Crippen LogP contribution in [0.2, 0.25) is 0 Å². The highest BCUT2D eigenvalue weighted by Gasteiger charge is 1.99. The molecule has 0 atom stereocenters. The highest BCUT2D eigenvalue weighted by Crippen LogP contribution is 2.25. The van der Waals surface area contributed by atoms with E-state index in [0.717, 1.165) is 11.1 Å². The lowest BCUT2D eigenvalue weighted by atomic mass is 10.0. The number of methoxy groups -OCH3 is 1. The van der Waals surface area contributed by atoms with Crippen molar-refractivity contribution in [2.45, 2.75) is 0 Å². The summed E-state index contributed by atoms with van der Waals surface area (Å²) in [5, 5.41) is 4.78. The summed E-state index contributed by atoms with van der Waals surface area (Å²) in [6.45, 7) is 0. The van der Waals surface area contributed by atoms with Gasteiger partial charge in [-0.25, -0.2) is 0 Å². The summed E-state index contributed by atoms with van der Waals surface area (Å²) in [7, 11) is 1.69. The lowest BCUT2D eigenvalue weighted by Gasteiger charge is -2.04. The van der Waals surface area contributed by atoms with Crippen LogP contribution < -0.4 is 4.74 Å². The van der Waals surface area contributed by atoms with Gasteiger partial charge in [0, 0.05) is 0 Å². The number of benzene rings is 3. The van der Waals surface area contributed by atoms with E-state index in [4.69, 9.17) is 4.74 Å². The van der Waals surface area contributed by atoms with Gasteiger partial charge in [-0.05, 0) is 51.9 Å². The molecule has 0 N–H and O–H groups in total. The molecular formula is C15H11O. The van der Waals surface area contributed by atoms with Gasteiger partial charge in [-0.1, -0.05) is 24.3 Å². The van der Waals surface area contributed by atoms with E-state index in [1.54, 1.807) is 7.11 Å². The van der Waals surface area contributed by atoms with Crippen LogP contribution in [-0.2, 0) is 0 Å². The first-order valence-corrected chi connectivity index (χ1v) is 5.25. The minimum absolute atomic E-state index is 0.895. The van der Waals surface area contributed by atoms with Crippen molar-refractivity contribution in [1.82, 2.24) is 0 Å². The molecule has 1 heteroatoms. The average molecular weight is 207 g/mol. The zero-order valence-electron chi connectivity index (χ0n) is 9.03. The number of fused-ring (bicyclic) bond motifs is 2. The Morgan fingerprint density at radius 1 is 0.938 bits per heavy atom. The zero-order chi connectivity index (χ0) is 11.0. The van der Waals surface area contributed by atoms with Crippen molar-refractivity contribution in [2.24, 2.45) is 0 Å². The van der Waals surface area contributed by atoms with Crippen molar-refractivity contribution in [1.29, 1.82) is 0 Å². The number of hydrogen-bond acceptors (Lipinski definition) is 1. The molecule has 16 heavy (non-hydrogen) atoms. The Labute approximate surface area is 94.3 Å². The first-order chi connectivity index (χ1) is 7.86. The molecule has 0 spiro atoms. The topological polar surface area (TPSA) is 9.23 Å². The van der Waals surface area contributed by atoms with Crippen LogP contribution in [0.15, 0.2) is 48.5 Å². The standard InChI is InChI=1S/C15H11O/c1-16-15-7-6-13-8-11-4-2-3-5-12(11)9-14(13)10-15/h2-3,5-10H,1H3. The fourth-order valence-corrected chi connectivity index (χ4v) is 1.97. The van der Waals surface area contributed by atoms with E-state index in [9.17, 15) is 0 Å². The molecule has 0 aliphatic rings. The molecular weight excluding hydrogens is 196 g/mol. The largest absolute Gasteiger partial charge is 0.497 e. The Hall–Kier alpha value is -2.02. The maximum Gasteiger partial charge on any atom is 0.119 e. The van der Waals surface area contributed by atoms with Gasteiger partial charge >= 0.3 is 0 Å². The maximum atomic E-state index is 5.23. The molecule has 0 unspecified atom stereocenters. The molecule has 0 fully saturated rings. The van der Waals surface area contributed by atoms with Crippen molar-refractivity contribution in [3.05, 3.63) is 54.6 Å². The molecule has 0 saturated carbocycles. The van der Waals surface area contributed by atoms with Crippen LogP contribution in [-0.4, -0.2) is 7.11 Å². The van der Waals surface area contributed by atoms with E-state index >= 15 is 0 Å². The molecule has 0 heterocycles. The predicted molar refractivity (Wildman–Crippen MR) is 66.8 cm³/mol. The SMILES string of the molecule is COc1ccc2cc3[c]cccc3cc2c1. The number of hydrogen-bond donors (Lipinski definition) is 0. The van der Waals surface area contributed by atoms with Crippen molar-refractivity contribution in [3.8, 4) is 5.75 Å². The molecule has 0 aliphatic carbocycles. The molecule has 3 rings (SSSR count). The normalized spacial score (nSPS) is 10.8.